The lowest BCUT2D eigenvalue weighted by Gasteiger charge is -2.14. The van der Waals surface area contributed by atoms with Crippen LogP contribution in [0, 0.1) is 0 Å². The number of nitrogens with zero attached hydrogens (tertiary/aromatic N) is 5. The van der Waals surface area contributed by atoms with Crippen LogP contribution in [0.2, 0.25) is 0 Å². The van der Waals surface area contributed by atoms with Gasteiger partial charge in [-0.1, -0.05) is 109 Å². The topological polar surface area (TPSA) is 40.0 Å². The van der Waals surface area contributed by atoms with Crippen molar-refractivity contribution in [2.24, 2.45) is 0 Å². The highest BCUT2D eigenvalue weighted by atomic mass is 15.2. The van der Waals surface area contributed by atoms with E-state index in [1.54, 1.807) is 0 Å². The third-order valence-corrected chi connectivity index (χ3v) is 11.5. The van der Waals surface area contributed by atoms with Gasteiger partial charge < -0.3 is 4.40 Å². The van der Waals surface area contributed by atoms with E-state index >= 15 is 0 Å². The van der Waals surface area contributed by atoms with Crippen molar-refractivity contribution in [3.63, 3.8) is 0 Å². The van der Waals surface area contributed by atoms with Gasteiger partial charge in [0, 0.05) is 48.5 Å². The van der Waals surface area contributed by atoms with Crippen molar-refractivity contribution < 1.29 is 0 Å². The molecule has 0 saturated carbocycles. The molecule has 13 rings (SSSR count). The molecule has 5 heteroatoms. The number of fused-ring (bicyclic) bond motifs is 15. The minimum Gasteiger partial charge on any atom is -0.308 e. The second kappa shape index (κ2) is 9.75. The highest BCUT2D eigenvalue weighted by Crippen LogP contribution is 2.47. The molecule has 244 valence electrons. The van der Waals surface area contributed by atoms with E-state index in [0.29, 0.717) is 5.95 Å². The summed E-state index contributed by atoms with van der Waals surface area (Å²) in [6.45, 7) is 0. The fourth-order valence-electron chi connectivity index (χ4n) is 9.38. The van der Waals surface area contributed by atoms with Crippen molar-refractivity contribution in [2.75, 3.05) is 0 Å². The fourth-order valence-corrected chi connectivity index (χ4v) is 9.38. The first-order valence-electron chi connectivity index (χ1n) is 18.1. The van der Waals surface area contributed by atoms with E-state index in [-0.39, 0.29) is 0 Å². The molecule has 5 nitrogen and oxygen atoms in total. The first-order chi connectivity index (χ1) is 26.3. The summed E-state index contributed by atoms with van der Waals surface area (Å²) >= 11 is 0. The van der Waals surface area contributed by atoms with Crippen molar-refractivity contribution in [2.45, 2.75) is 0 Å². The Morgan fingerprint density at radius 1 is 0.340 bits per heavy atom. The Morgan fingerprint density at radius 3 is 1.60 bits per heavy atom. The summed E-state index contributed by atoms with van der Waals surface area (Å²) in [7, 11) is 0. The van der Waals surface area contributed by atoms with E-state index in [2.05, 4.69) is 177 Å². The third-order valence-electron chi connectivity index (χ3n) is 11.5. The van der Waals surface area contributed by atoms with E-state index in [1.165, 1.54) is 70.4 Å². The van der Waals surface area contributed by atoms with E-state index in [0.717, 1.165) is 38.8 Å². The number of benzene rings is 8. The summed E-state index contributed by atoms with van der Waals surface area (Å²) in [5.41, 5.74) is 9.05. The Morgan fingerprint density at radius 2 is 0.887 bits per heavy atom. The molecule has 0 amide bonds. The van der Waals surface area contributed by atoms with E-state index in [1.807, 2.05) is 0 Å². The summed E-state index contributed by atoms with van der Waals surface area (Å²) in [6.07, 6.45) is 0. The molecule has 0 aliphatic heterocycles. The van der Waals surface area contributed by atoms with E-state index in [4.69, 9.17) is 9.97 Å². The van der Waals surface area contributed by atoms with Gasteiger partial charge in [-0.3, -0.25) is 9.13 Å². The number of para-hydroxylation sites is 5. The van der Waals surface area contributed by atoms with Crippen LogP contribution in [0.25, 0.3) is 115 Å². The van der Waals surface area contributed by atoms with Crippen LogP contribution in [0.5, 0.6) is 0 Å². The molecule has 0 saturated heterocycles. The van der Waals surface area contributed by atoms with E-state index in [9.17, 15) is 0 Å². The molecule has 8 aromatic carbocycles. The molecular formula is C48H27N5. The monoisotopic (exact) mass is 673 g/mol. The zero-order valence-electron chi connectivity index (χ0n) is 28.3. The smallest absolute Gasteiger partial charge is 0.237 e. The molecule has 0 radical (unpaired) electrons. The maximum Gasteiger partial charge on any atom is 0.237 e. The summed E-state index contributed by atoms with van der Waals surface area (Å²) in [5, 5.41) is 13.4. The van der Waals surface area contributed by atoms with Crippen LogP contribution in [0.1, 0.15) is 0 Å². The Balaban J connectivity index is 1.25. The minimum absolute atomic E-state index is 0.654. The highest BCUT2D eigenvalue weighted by Gasteiger charge is 2.26. The Kier molecular flexibility index (Phi) is 5.06. The zero-order valence-corrected chi connectivity index (χ0v) is 28.3. The van der Waals surface area contributed by atoms with Crippen molar-refractivity contribution in [3.8, 4) is 11.8 Å². The molecule has 53 heavy (non-hydrogen) atoms. The zero-order chi connectivity index (χ0) is 34.4. The van der Waals surface area contributed by atoms with Gasteiger partial charge in [-0.2, -0.15) is 4.98 Å². The first-order valence-corrected chi connectivity index (χ1v) is 18.1. The van der Waals surface area contributed by atoms with Gasteiger partial charge in [0.25, 0.3) is 0 Å². The van der Waals surface area contributed by atoms with Gasteiger partial charge in [-0.15, -0.1) is 0 Å². The number of aromatic nitrogens is 5. The quantitative estimate of drug-likeness (QED) is 0.183. The van der Waals surface area contributed by atoms with Crippen molar-refractivity contribution >= 4 is 103 Å². The number of rotatable bonds is 2. The van der Waals surface area contributed by atoms with Gasteiger partial charge >= 0.3 is 0 Å². The average molecular weight is 674 g/mol. The predicted octanol–water partition coefficient (Wildman–Crippen LogP) is 12.1. The standard InChI is InChI=1S/C48H27N5/c1-2-14-29-26-42-36(25-28(29)13-1)45-44-34-19-7-12-24-41(34)52(43(44)27-35-32-17-6-9-21-38(32)51(42)46(35)45)47-33-18-3-8-20-37(33)49-48(50-47)53-39-22-10-4-15-30(39)31-16-5-11-23-40(31)53/h1-27H. The van der Waals surface area contributed by atoms with Gasteiger partial charge in [0.2, 0.25) is 5.95 Å². The second-order valence-corrected chi connectivity index (χ2v) is 14.2. The van der Waals surface area contributed by atoms with Crippen LogP contribution in [-0.2, 0) is 0 Å². The van der Waals surface area contributed by atoms with Crippen molar-refractivity contribution in [1.82, 2.24) is 23.5 Å². The minimum atomic E-state index is 0.654. The van der Waals surface area contributed by atoms with E-state index < -0.39 is 0 Å². The van der Waals surface area contributed by atoms with Crippen LogP contribution in [-0.4, -0.2) is 23.5 Å². The predicted molar refractivity (Wildman–Crippen MR) is 220 cm³/mol. The fraction of sp³-hybridized carbons (Fsp3) is 0. The summed E-state index contributed by atoms with van der Waals surface area (Å²) in [6, 6.07) is 59.1. The SMILES string of the molecule is c1ccc2cc3c(cc2c1)c1c2c4ccccc4n(-c4nc(-n5c6ccccc6c6ccccc65)nc5ccccc45)c2cc2c4ccccc4n3c21. The molecule has 0 aliphatic rings. The van der Waals surface area contributed by atoms with Gasteiger partial charge in [0.05, 0.1) is 44.1 Å². The maximum atomic E-state index is 5.58. The molecular weight excluding hydrogens is 647 g/mol. The first kappa shape index (κ1) is 27.5. The third kappa shape index (κ3) is 3.42. The molecule has 0 atom stereocenters. The van der Waals surface area contributed by atoms with Gasteiger partial charge in [-0.25, -0.2) is 4.98 Å². The summed E-state index contributed by atoms with van der Waals surface area (Å²) < 4.78 is 7.11. The Labute approximate surface area is 301 Å². The second-order valence-electron chi connectivity index (χ2n) is 14.2. The summed E-state index contributed by atoms with van der Waals surface area (Å²) in [5.74, 6) is 1.52. The molecule has 13 aromatic rings. The molecule has 0 bridgehead atoms. The average Bonchev–Trinajstić information content (AvgIpc) is 3.93. The Hall–Kier alpha value is -7.24. The molecule has 0 aliphatic carbocycles. The lowest BCUT2D eigenvalue weighted by atomic mass is 10.0. The van der Waals surface area contributed by atoms with Crippen LogP contribution in [0.4, 0.5) is 0 Å². The maximum absolute atomic E-state index is 5.58. The van der Waals surface area contributed by atoms with Gasteiger partial charge in [-0.05, 0) is 65.4 Å². The highest BCUT2D eigenvalue weighted by molar-refractivity contribution is 6.36. The van der Waals surface area contributed by atoms with Gasteiger partial charge in [0.15, 0.2) is 5.82 Å². The van der Waals surface area contributed by atoms with Gasteiger partial charge in [0.1, 0.15) is 0 Å². The molecule has 5 heterocycles. The molecule has 0 fully saturated rings. The normalized spacial score (nSPS) is 12.5. The van der Waals surface area contributed by atoms with Crippen LogP contribution < -0.4 is 0 Å². The molecule has 0 unspecified atom stereocenters. The van der Waals surface area contributed by atoms with Crippen LogP contribution >= 0.6 is 0 Å². The van der Waals surface area contributed by atoms with Crippen LogP contribution in [0.3, 0.4) is 0 Å². The molecule has 5 aromatic heterocycles. The largest absolute Gasteiger partial charge is 0.308 e. The van der Waals surface area contributed by atoms with Crippen molar-refractivity contribution in [3.05, 3.63) is 164 Å². The Bertz CT molecular complexity index is 3640. The number of hydrogen-bond donors (Lipinski definition) is 0. The van der Waals surface area contributed by atoms with Crippen LogP contribution in [0.15, 0.2) is 164 Å². The lowest BCUT2D eigenvalue weighted by Crippen LogP contribution is -2.07. The summed E-state index contributed by atoms with van der Waals surface area (Å²) in [4.78, 5) is 10.8. The van der Waals surface area contributed by atoms with Crippen molar-refractivity contribution in [1.29, 1.82) is 0 Å². The molecule has 0 N–H and O–H groups in total. The molecule has 0 spiro atoms. The number of hydrogen-bond acceptors (Lipinski definition) is 2. The lowest BCUT2D eigenvalue weighted by molar-refractivity contribution is 0.973.